The summed E-state index contributed by atoms with van der Waals surface area (Å²) in [6, 6.07) is 9.60. The number of rotatable bonds is 6. The zero-order valence-electron chi connectivity index (χ0n) is 9.13. The quantitative estimate of drug-likeness (QED) is 0.735. The average molecular weight is 209 g/mol. The highest BCUT2D eigenvalue weighted by Gasteiger charge is 2.11. The summed E-state index contributed by atoms with van der Waals surface area (Å²) in [6.45, 7) is 4.18. The van der Waals surface area contributed by atoms with Crippen molar-refractivity contribution in [2.24, 2.45) is 0 Å². The first kappa shape index (κ1) is 12.2. The summed E-state index contributed by atoms with van der Waals surface area (Å²) in [4.78, 5) is 2.03. The van der Waals surface area contributed by atoms with Crippen LogP contribution in [0.25, 0.3) is 0 Å². The average Bonchev–Trinajstić information content (AvgIpc) is 2.29. The van der Waals surface area contributed by atoms with Crippen molar-refractivity contribution >= 4 is 0 Å². The summed E-state index contributed by atoms with van der Waals surface area (Å²) in [5.41, 5.74) is 0.925. The zero-order valence-corrected chi connectivity index (χ0v) is 9.13. The molecular weight excluding hydrogens is 190 g/mol. The molecule has 0 radical (unpaired) electrons. The van der Waals surface area contributed by atoms with Crippen LogP contribution in [0.2, 0.25) is 0 Å². The van der Waals surface area contributed by atoms with Crippen molar-refractivity contribution in [3.8, 4) is 0 Å². The van der Waals surface area contributed by atoms with E-state index in [-0.39, 0.29) is 6.61 Å². The Morgan fingerprint density at radius 2 is 1.93 bits per heavy atom. The molecule has 1 aromatic carbocycles. The second kappa shape index (κ2) is 6.56. The molecule has 0 aliphatic heterocycles. The Kier molecular flexibility index (Phi) is 5.32. The third-order valence-electron chi connectivity index (χ3n) is 2.48. The third kappa shape index (κ3) is 4.00. The van der Waals surface area contributed by atoms with Crippen molar-refractivity contribution in [1.82, 2.24) is 4.90 Å². The van der Waals surface area contributed by atoms with Crippen LogP contribution in [0.1, 0.15) is 18.6 Å². The predicted molar refractivity (Wildman–Crippen MR) is 60.6 cm³/mol. The summed E-state index contributed by atoms with van der Waals surface area (Å²) in [7, 11) is 0. The van der Waals surface area contributed by atoms with Crippen molar-refractivity contribution in [1.29, 1.82) is 0 Å². The van der Waals surface area contributed by atoms with E-state index in [2.05, 4.69) is 0 Å². The lowest BCUT2D eigenvalue weighted by atomic mass is 10.1. The van der Waals surface area contributed by atoms with Gasteiger partial charge in [-0.15, -0.1) is 0 Å². The summed E-state index contributed by atoms with van der Waals surface area (Å²) in [5, 5.41) is 18.8. The molecule has 0 aliphatic rings. The van der Waals surface area contributed by atoms with E-state index in [1.165, 1.54) is 0 Å². The third-order valence-corrected chi connectivity index (χ3v) is 2.48. The van der Waals surface area contributed by atoms with Crippen LogP contribution in [0.4, 0.5) is 0 Å². The summed E-state index contributed by atoms with van der Waals surface area (Å²) in [6.07, 6.45) is -0.474. The van der Waals surface area contributed by atoms with Crippen LogP contribution in [-0.4, -0.2) is 41.4 Å². The van der Waals surface area contributed by atoms with Crippen molar-refractivity contribution in [3.63, 3.8) is 0 Å². The van der Waals surface area contributed by atoms with Crippen LogP contribution >= 0.6 is 0 Å². The molecule has 3 nitrogen and oxygen atoms in total. The number of likely N-dealkylation sites (N-methyl/N-ethyl adjacent to an activating group) is 1. The lowest BCUT2D eigenvalue weighted by Crippen LogP contribution is -2.31. The Bertz CT molecular complexity index is 264. The van der Waals surface area contributed by atoms with Gasteiger partial charge in [0, 0.05) is 13.1 Å². The highest BCUT2D eigenvalue weighted by Crippen LogP contribution is 2.13. The molecule has 0 saturated heterocycles. The molecule has 0 saturated carbocycles. The molecule has 84 valence electrons. The molecule has 2 N–H and O–H groups in total. The summed E-state index contributed by atoms with van der Waals surface area (Å²) in [5.74, 6) is 0. The minimum absolute atomic E-state index is 0.134. The number of benzene rings is 1. The lowest BCUT2D eigenvalue weighted by molar-refractivity contribution is 0.103. The molecule has 0 aliphatic carbocycles. The van der Waals surface area contributed by atoms with Gasteiger partial charge < -0.3 is 10.2 Å². The lowest BCUT2D eigenvalue weighted by Gasteiger charge is -2.22. The first-order chi connectivity index (χ1) is 7.27. The zero-order chi connectivity index (χ0) is 11.1. The number of hydrogen-bond donors (Lipinski definition) is 2. The molecule has 3 heteroatoms. The second-order valence-corrected chi connectivity index (χ2v) is 3.54. The first-order valence-corrected chi connectivity index (χ1v) is 5.34. The highest BCUT2D eigenvalue weighted by atomic mass is 16.3. The largest absolute Gasteiger partial charge is 0.395 e. The van der Waals surface area contributed by atoms with E-state index < -0.39 is 6.10 Å². The van der Waals surface area contributed by atoms with E-state index in [1.54, 1.807) is 0 Å². The Hall–Kier alpha value is -0.900. The Balaban J connectivity index is 2.50. The molecule has 1 unspecified atom stereocenters. The van der Waals surface area contributed by atoms with Crippen LogP contribution in [0.15, 0.2) is 30.3 Å². The molecule has 0 amide bonds. The van der Waals surface area contributed by atoms with Crippen molar-refractivity contribution in [2.75, 3.05) is 26.2 Å². The van der Waals surface area contributed by atoms with Crippen molar-refractivity contribution in [2.45, 2.75) is 13.0 Å². The maximum absolute atomic E-state index is 9.93. The summed E-state index contributed by atoms with van der Waals surface area (Å²) >= 11 is 0. The van der Waals surface area contributed by atoms with Gasteiger partial charge in [-0.2, -0.15) is 0 Å². The van der Waals surface area contributed by atoms with Crippen LogP contribution in [0.5, 0.6) is 0 Å². The topological polar surface area (TPSA) is 43.7 Å². The second-order valence-electron chi connectivity index (χ2n) is 3.54. The Morgan fingerprint density at radius 3 is 2.47 bits per heavy atom. The molecule has 15 heavy (non-hydrogen) atoms. The normalized spacial score (nSPS) is 13.1. The maximum Gasteiger partial charge on any atom is 0.0916 e. The summed E-state index contributed by atoms with van der Waals surface area (Å²) < 4.78 is 0. The number of hydrogen-bond acceptors (Lipinski definition) is 3. The van der Waals surface area contributed by atoms with Crippen LogP contribution in [0, 0.1) is 0 Å². The first-order valence-electron chi connectivity index (χ1n) is 5.34. The van der Waals surface area contributed by atoms with Crippen LogP contribution in [0.3, 0.4) is 0 Å². The van der Waals surface area contributed by atoms with Gasteiger partial charge in [-0.25, -0.2) is 0 Å². The molecule has 0 spiro atoms. The van der Waals surface area contributed by atoms with Gasteiger partial charge in [-0.1, -0.05) is 37.3 Å². The van der Waals surface area contributed by atoms with Crippen molar-refractivity contribution in [3.05, 3.63) is 35.9 Å². The number of aliphatic hydroxyl groups is 2. The minimum atomic E-state index is -0.474. The SMILES string of the molecule is CCN(CCO)CC(O)c1ccccc1. The molecule has 0 aromatic heterocycles. The van der Waals surface area contributed by atoms with Gasteiger partial charge in [0.1, 0.15) is 0 Å². The van der Waals surface area contributed by atoms with Gasteiger partial charge in [-0.05, 0) is 12.1 Å². The van der Waals surface area contributed by atoms with Crippen LogP contribution < -0.4 is 0 Å². The van der Waals surface area contributed by atoms with Gasteiger partial charge in [-0.3, -0.25) is 4.90 Å². The molecular formula is C12H19NO2. The van der Waals surface area contributed by atoms with E-state index >= 15 is 0 Å². The molecule has 0 bridgehead atoms. The van der Waals surface area contributed by atoms with Gasteiger partial charge in [0.15, 0.2) is 0 Å². The van der Waals surface area contributed by atoms with Gasteiger partial charge in [0.2, 0.25) is 0 Å². The predicted octanol–water partition coefficient (Wildman–Crippen LogP) is 1.03. The van der Waals surface area contributed by atoms with E-state index in [0.29, 0.717) is 13.1 Å². The highest BCUT2D eigenvalue weighted by molar-refractivity contribution is 5.17. The van der Waals surface area contributed by atoms with E-state index in [9.17, 15) is 5.11 Å². The van der Waals surface area contributed by atoms with Crippen LogP contribution in [-0.2, 0) is 0 Å². The van der Waals surface area contributed by atoms with Gasteiger partial charge in [0.25, 0.3) is 0 Å². The fourth-order valence-electron chi connectivity index (χ4n) is 1.55. The van der Waals surface area contributed by atoms with E-state index in [4.69, 9.17) is 5.11 Å². The maximum atomic E-state index is 9.93. The molecule has 0 fully saturated rings. The molecule has 1 atom stereocenters. The molecule has 1 rings (SSSR count). The number of aliphatic hydroxyl groups excluding tert-OH is 2. The standard InChI is InChI=1S/C12H19NO2/c1-2-13(8-9-14)10-12(15)11-6-4-3-5-7-11/h3-7,12,14-15H,2,8-10H2,1H3. The molecule has 0 heterocycles. The Morgan fingerprint density at radius 1 is 1.27 bits per heavy atom. The fraction of sp³-hybridized carbons (Fsp3) is 0.500. The smallest absolute Gasteiger partial charge is 0.0916 e. The monoisotopic (exact) mass is 209 g/mol. The number of nitrogens with zero attached hydrogens (tertiary/aromatic N) is 1. The Labute approximate surface area is 91.0 Å². The van der Waals surface area contributed by atoms with E-state index in [0.717, 1.165) is 12.1 Å². The fourth-order valence-corrected chi connectivity index (χ4v) is 1.55. The van der Waals surface area contributed by atoms with Gasteiger partial charge >= 0.3 is 0 Å². The van der Waals surface area contributed by atoms with E-state index in [1.807, 2.05) is 42.2 Å². The molecule has 1 aromatic rings. The van der Waals surface area contributed by atoms with Gasteiger partial charge in [0.05, 0.1) is 12.7 Å². The minimum Gasteiger partial charge on any atom is -0.395 e. The van der Waals surface area contributed by atoms with Crippen molar-refractivity contribution < 1.29 is 10.2 Å².